The van der Waals surface area contributed by atoms with Crippen LogP contribution in [0.3, 0.4) is 0 Å². The first-order chi connectivity index (χ1) is 9.86. The number of carbonyl (C=O) groups excluding carboxylic acids is 1. The van der Waals surface area contributed by atoms with Gasteiger partial charge in [0.2, 0.25) is 3.79 Å². The quantitative estimate of drug-likeness (QED) is 0.571. The predicted octanol–water partition coefficient (Wildman–Crippen LogP) is 4.58. The lowest BCUT2D eigenvalue weighted by atomic mass is 10.3. The topological polar surface area (TPSA) is 54.3 Å². The van der Waals surface area contributed by atoms with E-state index in [0.29, 0.717) is 5.69 Å². The summed E-state index contributed by atoms with van der Waals surface area (Å²) in [5, 5.41) is 5.52. The molecular formula is C13H10BrCl3N2O2. The van der Waals surface area contributed by atoms with Gasteiger partial charge < -0.3 is 15.1 Å². The van der Waals surface area contributed by atoms with Gasteiger partial charge in [0.1, 0.15) is 6.17 Å². The summed E-state index contributed by atoms with van der Waals surface area (Å²) < 4.78 is 4.17. The zero-order valence-electron chi connectivity index (χ0n) is 10.4. The summed E-state index contributed by atoms with van der Waals surface area (Å²) in [6.45, 7) is 0. The minimum Gasteiger partial charge on any atom is -0.459 e. The van der Waals surface area contributed by atoms with Crippen LogP contribution in [0.4, 0.5) is 5.69 Å². The molecule has 4 nitrogen and oxygen atoms in total. The second-order valence-electron chi connectivity index (χ2n) is 4.08. The first-order valence-corrected chi connectivity index (χ1v) is 7.72. The average molecular weight is 412 g/mol. The molecule has 21 heavy (non-hydrogen) atoms. The van der Waals surface area contributed by atoms with E-state index in [1.165, 1.54) is 12.3 Å². The fraction of sp³-hybridized carbons (Fsp3) is 0.154. The number of carbonyl (C=O) groups is 1. The van der Waals surface area contributed by atoms with Gasteiger partial charge in [-0.05, 0) is 36.4 Å². The van der Waals surface area contributed by atoms with Crippen LogP contribution in [0.15, 0.2) is 51.6 Å². The number of benzene rings is 1. The van der Waals surface area contributed by atoms with Crippen molar-refractivity contribution >= 4 is 62.3 Å². The third kappa shape index (κ3) is 4.81. The molecule has 112 valence electrons. The molecule has 0 fully saturated rings. The first kappa shape index (κ1) is 16.5. The van der Waals surface area contributed by atoms with Crippen LogP contribution in [0.25, 0.3) is 0 Å². The van der Waals surface area contributed by atoms with E-state index in [2.05, 4.69) is 26.6 Å². The maximum atomic E-state index is 12.0. The summed E-state index contributed by atoms with van der Waals surface area (Å²) in [6, 6.07) is 10.3. The maximum absolute atomic E-state index is 12.0. The number of rotatable bonds is 4. The summed E-state index contributed by atoms with van der Waals surface area (Å²) in [4.78, 5) is 12.0. The highest BCUT2D eigenvalue weighted by Gasteiger charge is 2.34. The van der Waals surface area contributed by atoms with Gasteiger partial charge in [-0.2, -0.15) is 0 Å². The van der Waals surface area contributed by atoms with Crippen molar-refractivity contribution in [2.24, 2.45) is 0 Å². The van der Waals surface area contributed by atoms with Crippen molar-refractivity contribution < 1.29 is 9.21 Å². The van der Waals surface area contributed by atoms with Crippen molar-refractivity contribution in [1.82, 2.24) is 5.32 Å². The van der Waals surface area contributed by atoms with Gasteiger partial charge in [0.15, 0.2) is 5.76 Å². The Balaban J connectivity index is 2.12. The van der Waals surface area contributed by atoms with Crippen LogP contribution in [0.5, 0.6) is 0 Å². The Morgan fingerprint density at radius 3 is 2.38 bits per heavy atom. The van der Waals surface area contributed by atoms with Gasteiger partial charge in [-0.1, -0.05) is 50.7 Å². The van der Waals surface area contributed by atoms with Gasteiger partial charge in [0.05, 0.1) is 6.26 Å². The lowest BCUT2D eigenvalue weighted by Gasteiger charge is -2.27. The largest absolute Gasteiger partial charge is 0.459 e. The Hall–Kier alpha value is -0.880. The standard InChI is InChI=1S/C13H10BrCl3N2O2/c14-8-3-5-9(6-4-8)18-12(13(15,16)17)19-11(20)10-2-1-7-21-10/h1-7,12,18H,(H,19,20)/t12-/m1/s1. The molecule has 1 atom stereocenters. The highest BCUT2D eigenvalue weighted by molar-refractivity contribution is 9.10. The molecule has 1 aromatic carbocycles. The van der Waals surface area contributed by atoms with Crippen molar-refractivity contribution in [3.05, 3.63) is 52.9 Å². The zero-order valence-corrected chi connectivity index (χ0v) is 14.3. The molecule has 0 aliphatic heterocycles. The van der Waals surface area contributed by atoms with E-state index in [4.69, 9.17) is 39.2 Å². The lowest BCUT2D eigenvalue weighted by Crippen LogP contribution is -2.49. The Morgan fingerprint density at radius 2 is 1.86 bits per heavy atom. The van der Waals surface area contributed by atoms with Crippen LogP contribution in [-0.4, -0.2) is 15.9 Å². The van der Waals surface area contributed by atoms with Crippen LogP contribution in [0.2, 0.25) is 0 Å². The van der Waals surface area contributed by atoms with Crippen LogP contribution in [-0.2, 0) is 0 Å². The molecule has 8 heteroatoms. The summed E-state index contributed by atoms with van der Waals surface area (Å²) in [5.74, 6) is -0.354. The maximum Gasteiger partial charge on any atom is 0.288 e. The molecule has 0 aliphatic rings. The van der Waals surface area contributed by atoms with Gasteiger partial charge in [0, 0.05) is 10.2 Å². The minimum absolute atomic E-state index is 0.131. The van der Waals surface area contributed by atoms with Crippen molar-refractivity contribution in [1.29, 1.82) is 0 Å². The molecular weight excluding hydrogens is 402 g/mol. The van der Waals surface area contributed by atoms with Crippen LogP contribution < -0.4 is 10.6 Å². The Labute approximate surface area is 144 Å². The highest BCUT2D eigenvalue weighted by Crippen LogP contribution is 2.31. The third-order valence-electron chi connectivity index (χ3n) is 2.50. The number of hydrogen-bond donors (Lipinski definition) is 2. The van der Waals surface area contributed by atoms with E-state index in [1.807, 2.05) is 12.1 Å². The SMILES string of the molecule is O=C(N[C@@H](Nc1ccc(Br)cc1)C(Cl)(Cl)Cl)c1ccco1. The van der Waals surface area contributed by atoms with Crippen LogP contribution in [0.1, 0.15) is 10.6 Å². The summed E-state index contributed by atoms with van der Waals surface area (Å²) in [7, 11) is 0. The van der Waals surface area contributed by atoms with E-state index in [1.54, 1.807) is 18.2 Å². The Morgan fingerprint density at radius 1 is 1.19 bits per heavy atom. The third-order valence-corrected chi connectivity index (χ3v) is 3.69. The molecule has 0 unspecified atom stereocenters. The number of alkyl halides is 3. The number of furan rings is 1. The zero-order chi connectivity index (χ0) is 15.5. The second kappa shape index (κ2) is 6.92. The average Bonchev–Trinajstić information content (AvgIpc) is 2.93. The number of nitrogens with one attached hydrogen (secondary N) is 2. The Bertz CT molecular complexity index is 597. The first-order valence-electron chi connectivity index (χ1n) is 5.79. The second-order valence-corrected chi connectivity index (χ2v) is 7.36. The van der Waals surface area contributed by atoms with Crippen molar-refractivity contribution in [3.63, 3.8) is 0 Å². The normalized spacial score (nSPS) is 12.8. The minimum atomic E-state index is -1.74. The molecule has 2 N–H and O–H groups in total. The number of halogens is 4. The fourth-order valence-electron chi connectivity index (χ4n) is 1.52. The molecule has 0 spiro atoms. The van der Waals surface area contributed by atoms with Gasteiger partial charge in [-0.25, -0.2) is 0 Å². The van der Waals surface area contributed by atoms with Crippen molar-refractivity contribution in [2.45, 2.75) is 9.96 Å². The van der Waals surface area contributed by atoms with E-state index in [-0.39, 0.29) is 5.76 Å². The summed E-state index contributed by atoms with van der Waals surface area (Å²) in [6.07, 6.45) is 0.461. The van der Waals surface area contributed by atoms with Crippen LogP contribution in [0, 0.1) is 0 Å². The lowest BCUT2D eigenvalue weighted by molar-refractivity contribution is 0.0914. The van der Waals surface area contributed by atoms with Crippen LogP contribution >= 0.6 is 50.7 Å². The van der Waals surface area contributed by atoms with Crippen molar-refractivity contribution in [2.75, 3.05) is 5.32 Å². The molecule has 0 aliphatic carbocycles. The smallest absolute Gasteiger partial charge is 0.288 e. The number of amides is 1. The molecule has 1 amide bonds. The van der Waals surface area contributed by atoms with E-state index >= 15 is 0 Å². The van der Waals surface area contributed by atoms with Gasteiger partial charge in [0.25, 0.3) is 5.91 Å². The van der Waals surface area contributed by atoms with Crippen molar-refractivity contribution in [3.8, 4) is 0 Å². The van der Waals surface area contributed by atoms with Gasteiger partial charge >= 0.3 is 0 Å². The highest BCUT2D eigenvalue weighted by atomic mass is 79.9. The molecule has 2 aromatic rings. The summed E-state index contributed by atoms with van der Waals surface area (Å²) >= 11 is 21.0. The number of hydrogen-bond acceptors (Lipinski definition) is 3. The Kier molecular flexibility index (Phi) is 5.43. The van der Waals surface area contributed by atoms with Gasteiger partial charge in [-0.3, -0.25) is 4.79 Å². The molecule has 2 rings (SSSR count). The predicted molar refractivity (Wildman–Crippen MR) is 88.0 cm³/mol. The molecule has 0 saturated carbocycles. The van der Waals surface area contributed by atoms with E-state index in [0.717, 1.165) is 4.47 Å². The number of anilines is 1. The molecule has 0 radical (unpaired) electrons. The molecule has 1 aromatic heterocycles. The monoisotopic (exact) mass is 410 g/mol. The molecule has 0 saturated heterocycles. The fourth-order valence-corrected chi connectivity index (χ4v) is 2.11. The molecule has 1 heterocycles. The molecule has 0 bridgehead atoms. The van der Waals surface area contributed by atoms with E-state index in [9.17, 15) is 4.79 Å². The summed E-state index contributed by atoms with van der Waals surface area (Å²) in [5.41, 5.74) is 0.689. The van der Waals surface area contributed by atoms with Gasteiger partial charge in [-0.15, -0.1) is 0 Å². The van der Waals surface area contributed by atoms with E-state index < -0.39 is 15.9 Å².